The van der Waals surface area contributed by atoms with Crippen LogP contribution in [0.2, 0.25) is 0 Å². The molecule has 66 valence electrons. The average Bonchev–Trinajstić information content (AvgIpc) is 2.14. The summed E-state index contributed by atoms with van der Waals surface area (Å²) < 4.78 is 0. The molecular formula is C9H13NOS. The van der Waals surface area contributed by atoms with Crippen LogP contribution in [0, 0.1) is 5.92 Å². The molecule has 1 heterocycles. The maximum Gasteiger partial charge on any atom is 0.239 e. The van der Waals surface area contributed by atoms with Crippen LogP contribution in [0.4, 0.5) is 0 Å². The van der Waals surface area contributed by atoms with Crippen LogP contribution in [0.5, 0.6) is 0 Å². The van der Waals surface area contributed by atoms with Crippen LogP contribution in [-0.4, -0.2) is 17.6 Å². The molecule has 12 heavy (non-hydrogen) atoms. The average molecular weight is 183 g/mol. The fourth-order valence-corrected chi connectivity index (χ4v) is 2.52. The van der Waals surface area contributed by atoms with Gasteiger partial charge >= 0.3 is 0 Å². The Hall–Kier alpha value is -0.530. The second-order valence-electron chi connectivity index (χ2n) is 2.90. The van der Waals surface area contributed by atoms with Crippen molar-refractivity contribution in [3.63, 3.8) is 0 Å². The molecule has 0 bridgehead atoms. The van der Waals surface area contributed by atoms with Crippen LogP contribution < -0.4 is 0 Å². The number of allylic oxidation sites excluding steroid dienone is 1. The van der Waals surface area contributed by atoms with Gasteiger partial charge < -0.3 is 0 Å². The van der Waals surface area contributed by atoms with Crippen molar-refractivity contribution in [2.75, 3.05) is 11.5 Å². The van der Waals surface area contributed by atoms with E-state index in [1.165, 1.54) is 30.4 Å². The van der Waals surface area contributed by atoms with Crippen LogP contribution in [0.1, 0.15) is 19.3 Å². The van der Waals surface area contributed by atoms with Crippen molar-refractivity contribution in [1.82, 2.24) is 0 Å². The molecule has 0 saturated carbocycles. The Kier molecular flexibility index (Phi) is 4.81. The lowest BCUT2D eigenvalue weighted by Gasteiger charge is -2.19. The molecule has 1 saturated heterocycles. The molecule has 0 unspecified atom stereocenters. The summed E-state index contributed by atoms with van der Waals surface area (Å²) in [6, 6.07) is 0. The first kappa shape index (κ1) is 9.56. The van der Waals surface area contributed by atoms with E-state index in [-0.39, 0.29) is 0 Å². The molecule has 0 spiro atoms. The van der Waals surface area contributed by atoms with E-state index in [4.69, 9.17) is 0 Å². The highest BCUT2D eigenvalue weighted by molar-refractivity contribution is 7.99. The monoisotopic (exact) mass is 183 g/mol. The fraction of sp³-hybridized carbons (Fsp3) is 0.667. The van der Waals surface area contributed by atoms with Gasteiger partial charge in [-0.1, -0.05) is 6.08 Å². The molecule has 0 amide bonds. The van der Waals surface area contributed by atoms with Gasteiger partial charge in [0, 0.05) is 6.20 Å². The second kappa shape index (κ2) is 6.04. The lowest BCUT2D eigenvalue weighted by molar-refractivity contribution is 0.497. The van der Waals surface area contributed by atoms with E-state index < -0.39 is 0 Å². The number of hydrogen-bond donors (Lipinski definition) is 0. The molecule has 0 aliphatic carbocycles. The van der Waals surface area contributed by atoms with E-state index in [2.05, 4.69) is 4.99 Å². The zero-order valence-corrected chi connectivity index (χ0v) is 7.85. The van der Waals surface area contributed by atoms with Gasteiger partial charge in [0.1, 0.15) is 0 Å². The Bertz CT molecular complexity index is 191. The van der Waals surface area contributed by atoms with E-state index >= 15 is 0 Å². The summed E-state index contributed by atoms with van der Waals surface area (Å²) in [6.45, 7) is 0. The third-order valence-corrected chi connectivity index (χ3v) is 3.09. The van der Waals surface area contributed by atoms with E-state index in [1.54, 1.807) is 6.20 Å². The maximum atomic E-state index is 9.71. The minimum Gasteiger partial charge on any atom is -0.211 e. The summed E-state index contributed by atoms with van der Waals surface area (Å²) in [4.78, 5) is 13.1. The van der Waals surface area contributed by atoms with E-state index in [1.807, 2.05) is 17.8 Å². The first-order valence-corrected chi connectivity index (χ1v) is 5.38. The van der Waals surface area contributed by atoms with E-state index in [9.17, 15) is 4.79 Å². The molecule has 1 rings (SSSR count). The standard InChI is InChI=1S/C9H13NOS/c11-8-10-5-1-2-9-3-6-12-7-4-9/h1,5,9H,2-4,6-7H2/b5-1-. The third kappa shape index (κ3) is 3.74. The quantitative estimate of drug-likeness (QED) is 0.496. The number of nitrogens with zero attached hydrogens (tertiary/aromatic N) is 1. The molecular weight excluding hydrogens is 170 g/mol. The van der Waals surface area contributed by atoms with Gasteiger partial charge in [0.2, 0.25) is 6.08 Å². The van der Waals surface area contributed by atoms with Gasteiger partial charge in [-0.3, -0.25) is 0 Å². The number of thioether (sulfide) groups is 1. The Morgan fingerprint density at radius 2 is 2.25 bits per heavy atom. The number of rotatable bonds is 3. The summed E-state index contributed by atoms with van der Waals surface area (Å²) in [7, 11) is 0. The summed E-state index contributed by atoms with van der Waals surface area (Å²) in [5.41, 5.74) is 0. The maximum absolute atomic E-state index is 9.71. The summed E-state index contributed by atoms with van der Waals surface area (Å²) in [6.07, 6.45) is 8.68. The van der Waals surface area contributed by atoms with Crippen LogP contribution in [-0.2, 0) is 4.79 Å². The van der Waals surface area contributed by atoms with Crippen molar-refractivity contribution in [3.05, 3.63) is 12.3 Å². The highest BCUT2D eigenvalue weighted by atomic mass is 32.2. The summed E-state index contributed by atoms with van der Waals surface area (Å²) in [5.74, 6) is 3.38. The number of carbonyl (C=O) groups excluding carboxylic acids is 1. The van der Waals surface area contributed by atoms with Crippen molar-refractivity contribution in [3.8, 4) is 0 Å². The zero-order chi connectivity index (χ0) is 8.65. The molecule has 1 aliphatic rings. The Morgan fingerprint density at radius 1 is 1.50 bits per heavy atom. The molecule has 0 aromatic rings. The molecule has 0 N–H and O–H groups in total. The Balaban J connectivity index is 2.16. The lowest BCUT2D eigenvalue weighted by atomic mass is 9.99. The second-order valence-corrected chi connectivity index (χ2v) is 4.12. The predicted octanol–water partition coefficient (Wildman–Crippen LogP) is 2.37. The van der Waals surface area contributed by atoms with Gasteiger partial charge in [-0.15, -0.1) is 0 Å². The largest absolute Gasteiger partial charge is 0.239 e. The van der Waals surface area contributed by atoms with Gasteiger partial charge in [0.05, 0.1) is 0 Å². The minimum absolute atomic E-state index is 0.810. The molecule has 1 aliphatic heterocycles. The van der Waals surface area contributed by atoms with Crippen LogP contribution in [0.3, 0.4) is 0 Å². The molecule has 3 heteroatoms. The van der Waals surface area contributed by atoms with Gasteiger partial charge in [0.15, 0.2) is 0 Å². The fourth-order valence-electron chi connectivity index (χ4n) is 1.32. The predicted molar refractivity (Wildman–Crippen MR) is 51.9 cm³/mol. The van der Waals surface area contributed by atoms with Crippen molar-refractivity contribution in [1.29, 1.82) is 0 Å². The van der Waals surface area contributed by atoms with Gasteiger partial charge in [-0.25, -0.2) is 4.79 Å². The zero-order valence-electron chi connectivity index (χ0n) is 7.03. The van der Waals surface area contributed by atoms with Crippen molar-refractivity contribution in [2.24, 2.45) is 10.9 Å². The topological polar surface area (TPSA) is 29.4 Å². The van der Waals surface area contributed by atoms with Crippen LogP contribution in [0.25, 0.3) is 0 Å². The highest BCUT2D eigenvalue weighted by Crippen LogP contribution is 2.25. The van der Waals surface area contributed by atoms with Gasteiger partial charge in [-0.2, -0.15) is 16.8 Å². The smallest absolute Gasteiger partial charge is 0.211 e. The molecule has 0 radical (unpaired) electrons. The lowest BCUT2D eigenvalue weighted by Crippen LogP contribution is -2.08. The van der Waals surface area contributed by atoms with Gasteiger partial charge in [-0.05, 0) is 36.7 Å². The molecule has 1 fully saturated rings. The van der Waals surface area contributed by atoms with Crippen molar-refractivity contribution in [2.45, 2.75) is 19.3 Å². The molecule has 0 atom stereocenters. The van der Waals surface area contributed by atoms with Gasteiger partial charge in [0.25, 0.3) is 0 Å². The minimum atomic E-state index is 0.810. The number of aliphatic imine (C=N–C) groups is 1. The normalized spacial score (nSPS) is 19.3. The first-order chi connectivity index (χ1) is 5.93. The van der Waals surface area contributed by atoms with E-state index in [0.717, 1.165) is 12.3 Å². The molecule has 2 nitrogen and oxygen atoms in total. The molecule has 0 aromatic carbocycles. The number of hydrogen-bond acceptors (Lipinski definition) is 3. The molecule has 0 aromatic heterocycles. The van der Waals surface area contributed by atoms with Crippen LogP contribution in [0.15, 0.2) is 17.3 Å². The third-order valence-electron chi connectivity index (χ3n) is 2.04. The summed E-state index contributed by atoms with van der Waals surface area (Å²) >= 11 is 2.03. The Labute approximate surface area is 77.1 Å². The summed E-state index contributed by atoms with van der Waals surface area (Å²) in [5, 5.41) is 0. The SMILES string of the molecule is O=C=N/C=C\CC1CCSCC1. The number of isocyanates is 1. The first-order valence-electron chi connectivity index (χ1n) is 4.23. The highest BCUT2D eigenvalue weighted by Gasteiger charge is 2.11. The Morgan fingerprint density at radius 3 is 2.92 bits per heavy atom. The van der Waals surface area contributed by atoms with E-state index in [0.29, 0.717) is 0 Å². The van der Waals surface area contributed by atoms with Crippen LogP contribution >= 0.6 is 11.8 Å². The van der Waals surface area contributed by atoms with Crippen molar-refractivity contribution >= 4 is 17.8 Å². The van der Waals surface area contributed by atoms with Crippen molar-refractivity contribution < 1.29 is 4.79 Å².